The third kappa shape index (κ3) is 2.95. The Morgan fingerprint density at radius 1 is 1.38 bits per heavy atom. The van der Waals surface area contributed by atoms with E-state index in [2.05, 4.69) is 5.10 Å². The molecular weight excluding hydrogens is 273 g/mol. The van der Waals surface area contributed by atoms with Gasteiger partial charge in [0, 0.05) is 18.3 Å². The van der Waals surface area contributed by atoms with Gasteiger partial charge in [-0.3, -0.25) is 9.69 Å². The summed E-state index contributed by atoms with van der Waals surface area (Å²) < 4.78 is 14.6. The van der Waals surface area contributed by atoms with Crippen LogP contribution in [0.25, 0.3) is 5.69 Å². The van der Waals surface area contributed by atoms with E-state index < -0.39 is 12.0 Å². The minimum atomic E-state index is -0.765. The molecule has 0 bridgehead atoms. The number of likely N-dealkylation sites (tertiary alicyclic amines) is 1. The second-order valence-corrected chi connectivity index (χ2v) is 5.24. The van der Waals surface area contributed by atoms with Gasteiger partial charge in [-0.2, -0.15) is 5.10 Å². The van der Waals surface area contributed by atoms with Crippen LogP contribution >= 0.6 is 0 Å². The van der Waals surface area contributed by atoms with E-state index in [9.17, 15) is 14.3 Å². The van der Waals surface area contributed by atoms with Crippen molar-refractivity contribution in [1.82, 2.24) is 14.7 Å². The minimum absolute atomic E-state index is 0.285. The first-order valence-corrected chi connectivity index (χ1v) is 6.90. The molecule has 0 amide bonds. The Hall–Kier alpha value is -2.21. The van der Waals surface area contributed by atoms with Gasteiger partial charge >= 0.3 is 5.97 Å². The van der Waals surface area contributed by atoms with Crippen LogP contribution in [0.3, 0.4) is 0 Å². The monoisotopic (exact) mass is 289 g/mol. The molecule has 1 atom stereocenters. The van der Waals surface area contributed by atoms with Gasteiger partial charge in [-0.15, -0.1) is 0 Å². The third-order valence-electron chi connectivity index (χ3n) is 3.76. The number of carboxylic acid groups (broad SMARTS) is 1. The number of carbonyl (C=O) groups is 1. The van der Waals surface area contributed by atoms with Crippen molar-refractivity contribution in [3.05, 3.63) is 48.0 Å². The zero-order valence-electron chi connectivity index (χ0n) is 11.4. The van der Waals surface area contributed by atoms with Crippen LogP contribution in [-0.2, 0) is 11.3 Å². The zero-order valence-corrected chi connectivity index (χ0v) is 11.4. The number of hydrogen-bond donors (Lipinski definition) is 1. The molecule has 6 heteroatoms. The molecule has 1 aliphatic heterocycles. The maximum absolute atomic E-state index is 12.9. The number of rotatable bonds is 4. The van der Waals surface area contributed by atoms with E-state index >= 15 is 0 Å². The molecular formula is C15H16FN3O2. The molecule has 21 heavy (non-hydrogen) atoms. The van der Waals surface area contributed by atoms with E-state index in [-0.39, 0.29) is 5.82 Å². The standard InChI is InChI=1S/C15H16FN3O2/c16-12-3-5-13(6-4-12)19-10-11(8-17-19)9-18-7-1-2-14(18)15(20)21/h3-6,8,10,14H,1-2,7,9H2,(H,20,21)/t14-/m0/s1. The molecule has 2 heterocycles. The molecule has 0 saturated carbocycles. The Bertz CT molecular complexity index is 639. The van der Waals surface area contributed by atoms with Gasteiger partial charge in [0.25, 0.3) is 0 Å². The molecule has 0 radical (unpaired) electrons. The van der Waals surface area contributed by atoms with Crippen molar-refractivity contribution in [3.8, 4) is 5.69 Å². The Balaban J connectivity index is 1.73. The van der Waals surface area contributed by atoms with Gasteiger partial charge in [-0.25, -0.2) is 9.07 Å². The molecule has 5 nitrogen and oxygen atoms in total. The minimum Gasteiger partial charge on any atom is -0.480 e. The van der Waals surface area contributed by atoms with Crippen molar-refractivity contribution in [1.29, 1.82) is 0 Å². The molecule has 0 unspecified atom stereocenters. The summed E-state index contributed by atoms with van der Waals surface area (Å²) in [5.41, 5.74) is 1.73. The summed E-state index contributed by atoms with van der Waals surface area (Å²) in [4.78, 5) is 13.1. The van der Waals surface area contributed by atoms with Crippen molar-refractivity contribution in [2.24, 2.45) is 0 Å². The summed E-state index contributed by atoms with van der Waals surface area (Å²) in [6, 6.07) is 5.68. The second kappa shape index (κ2) is 5.65. The van der Waals surface area contributed by atoms with E-state index in [1.165, 1.54) is 12.1 Å². The summed E-state index contributed by atoms with van der Waals surface area (Å²) >= 11 is 0. The lowest BCUT2D eigenvalue weighted by Crippen LogP contribution is -2.35. The lowest BCUT2D eigenvalue weighted by Gasteiger charge is -2.19. The van der Waals surface area contributed by atoms with Crippen LogP contribution in [0, 0.1) is 5.82 Å². The van der Waals surface area contributed by atoms with E-state index in [0.717, 1.165) is 24.2 Å². The number of aliphatic carboxylic acids is 1. The number of hydrogen-bond acceptors (Lipinski definition) is 3. The summed E-state index contributed by atoms with van der Waals surface area (Å²) in [6.45, 7) is 1.36. The van der Waals surface area contributed by atoms with Gasteiger partial charge in [0.15, 0.2) is 0 Å². The molecule has 2 aromatic rings. The maximum Gasteiger partial charge on any atom is 0.320 e. The Labute approximate surface area is 121 Å². The number of benzene rings is 1. The Morgan fingerprint density at radius 3 is 2.86 bits per heavy atom. The van der Waals surface area contributed by atoms with Gasteiger partial charge in [0.2, 0.25) is 0 Å². The highest BCUT2D eigenvalue weighted by molar-refractivity contribution is 5.73. The van der Waals surface area contributed by atoms with Crippen LogP contribution in [-0.4, -0.2) is 38.3 Å². The third-order valence-corrected chi connectivity index (χ3v) is 3.76. The van der Waals surface area contributed by atoms with Gasteiger partial charge in [0.1, 0.15) is 11.9 Å². The van der Waals surface area contributed by atoms with Crippen molar-refractivity contribution >= 4 is 5.97 Å². The fourth-order valence-corrected chi connectivity index (χ4v) is 2.71. The molecule has 0 aliphatic carbocycles. The summed E-state index contributed by atoms with van der Waals surface area (Å²) in [5.74, 6) is -1.05. The average molecular weight is 289 g/mol. The normalized spacial score (nSPS) is 19.0. The molecule has 1 N–H and O–H groups in total. The lowest BCUT2D eigenvalue weighted by atomic mass is 10.2. The molecule has 0 spiro atoms. The highest BCUT2D eigenvalue weighted by Gasteiger charge is 2.30. The molecule has 1 aromatic carbocycles. The molecule has 1 aromatic heterocycles. The highest BCUT2D eigenvalue weighted by atomic mass is 19.1. The van der Waals surface area contributed by atoms with Crippen LogP contribution in [0.2, 0.25) is 0 Å². The Morgan fingerprint density at radius 2 is 2.14 bits per heavy atom. The molecule has 110 valence electrons. The smallest absolute Gasteiger partial charge is 0.320 e. The first-order chi connectivity index (χ1) is 10.1. The van der Waals surface area contributed by atoms with Crippen molar-refractivity contribution in [2.75, 3.05) is 6.54 Å². The maximum atomic E-state index is 12.9. The van der Waals surface area contributed by atoms with Gasteiger partial charge in [0.05, 0.1) is 11.9 Å². The van der Waals surface area contributed by atoms with Crippen LogP contribution in [0.5, 0.6) is 0 Å². The highest BCUT2D eigenvalue weighted by Crippen LogP contribution is 2.20. The molecule has 1 aliphatic rings. The molecule has 1 fully saturated rings. The quantitative estimate of drug-likeness (QED) is 0.936. The number of aromatic nitrogens is 2. The molecule has 1 saturated heterocycles. The predicted octanol–water partition coefficient (Wildman–Crippen LogP) is 2.06. The van der Waals surface area contributed by atoms with Gasteiger partial charge < -0.3 is 5.11 Å². The fourth-order valence-electron chi connectivity index (χ4n) is 2.71. The summed E-state index contributed by atoms with van der Waals surface area (Å²) in [6.07, 6.45) is 5.18. The van der Waals surface area contributed by atoms with Crippen molar-refractivity contribution < 1.29 is 14.3 Å². The topological polar surface area (TPSA) is 58.4 Å². The van der Waals surface area contributed by atoms with Crippen LogP contribution < -0.4 is 0 Å². The van der Waals surface area contributed by atoms with Crippen molar-refractivity contribution in [2.45, 2.75) is 25.4 Å². The van der Waals surface area contributed by atoms with E-state index in [1.807, 2.05) is 11.1 Å². The van der Waals surface area contributed by atoms with E-state index in [4.69, 9.17) is 0 Å². The summed E-state index contributed by atoms with van der Waals surface area (Å²) in [7, 11) is 0. The lowest BCUT2D eigenvalue weighted by molar-refractivity contribution is -0.142. The van der Waals surface area contributed by atoms with Gasteiger partial charge in [-0.05, 0) is 43.7 Å². The zero-order chi connectivity index (χ0) is 14.8. The second-order valence-electron chi connectivity index (χ2n) is 5.24. The average Bonchev–Trinajstić information content (AvgIpc) is 3.09. The van der Waals surface area contributed by atoms with Crippen LogP contribution in [0.1, 0.15) is 18.4 Å². The van der Waals surface area contributed by atoms with Crippen LogP contribution in [0.15, 0.2) is 36.7 Å². The fraction of sp³-hybridized carbons (Fsp3) is 0.333. The summed E-state index contributed by atoms with van der Waals surface area (Å²) in [5, 5.41) is 13.4. The van der Waals surface area contributed by atoms with E-state index in [1.54, 1.807) is 23.0 Å². The predicted molar refractivity (Wildman–Crippen MR) is 74.6 cm³/mol. The molecule has 3 rings (SSSR count). The van der Waals surface area contributed by atoms with Crippen LogP contribution in [0.4, 0.5) is 4.39 Å². The largest absolute Gasteiger partial charge is 0.480 e. The first kappa shape index (κ1) is 13.8. The SMILES string of the molecule is O=C(O)[C@@H]1CCCN1Cc1cnn(-c2ccc(F)cc2)c1. The number of halogens is 1. The first-order valence-electron chi connectivity index (χ1n) is 6.90. The van der Waals surface area contributed by atoms with E-state index in [0.29, 0.717) is 13.0 Å². The van der Waals surface area contributed by atoms with Crippen molar-refractivity contribution in [3.63, 3.8) is 0 Å². The number of carboxylic acids is 1. The Kier molecular flexibility index (Phi) is 3.70. The number of nitrogens with zero attached hydrogens (tertiary/aromatic N) is 3. The van der Waals surface area contributed by atoms with Gasteiger partial charge in [-0.1, -0.05) is 0 Å².